The Balaban J connectivity index is 1.66. The van der Waals surface area contributed by atoms with E-state index in [0.29, 0.717) is 12.3 Å². The number of hydrogen-bond acceptors (Lipinski definition) is 7. The van der Waals surface area contributed by atoms with Crippen LogP contribution in [0.1, 0.15) is 43.8 Å². The molecule has 8 nitrogen and oxygen atoms in total. The fourth-order valence-corrected chi connectivity index (χ4v) is 3.22. The van der Waals surface area contributed by atoms with Crippen LogP contribution in [0.2, 0.25) is 0 Å². The quantitative estimate of drug-likeness (QED) is 0.787. The zero-order valence-corrected chi connectivity index (χ0v) is 13.9. The number of ether oxygens (including phenoxy) is 1. The van der Waals surface area contributed by atoms with E-state index < -0.39 is 0 Å². The van der Waals surface area contributed by atoms with Crippen molar-refractivity contribution in [3.63, 3.8) is 0 Å². The molecular weight excluding hydrogens is 308 g/mol. The SMILES string of the molecule is Cc1noc2ncnc(N[C@H]3CCO[C@@H]3c3ccnn3C(C)C)c12. The van der Waals surface area contributed by atoms with Gasteiger partial charge in [0.1, 0.15) is 23.6 Å². The second-order valence-corrected chi connectivity index (χ2v) is 6.30. The van der Waals surface area contributed by atoms with Crippen molar-refractivity contribution in [2.45, 2.75) is 45.4 Å². The molecule has 0 aromatic carbocycles. The maximum atomic E-state index is 5.99. The summed E-state index contributed by atoms with van der Waals surface area (Å²) in [5.74, 6) is 0.731. The molecule has 0 amide bonds. The second kappa shape index (κ2) is 5.86. The molecule has 24 heavy (non-hydrogen) atoms. The van der Waals surface area contributed by atoms with E-state index in [-0.39, 0.29) is 18.2 Å². The molecule has 8 heteroatoms. The summed E-state index contributed by atoms with van der Waals surface area (Å²) in [5.41, 5.74) is 2.34. The van der Waals surface area contributed by atoms with E-state index >= 15 is 0 Å². The van der Waals surface area contributed by atoms with Crippen LogP contribution in [0.15, 0.2) is 23.1 Å². The molecule has 3 aromatic rings. The van der Waals surface area contributed by atoms with Gasteiger partial charge < -0.3 is 14.6 Å². The summed E-state index contributed by atoms with van der Waals surface area (Å²) >= 11 is 0. The first-order valence-electron chi connectivity index (χ1n) is 8.13. The molecule has 1 aliphatic heterocycles. The van der Waals surface area contributed by atoms with Crippen LogP contribution in [0.25, 0.3) is 11.1 Å². The lowest BCUT2D eigenvalue weighted by atomic mass is 10.1. The van der Waals surface area contributed by atoms with E-state index in [0.717, 1.165) is 29.0 Å². The molecule has 2 atom stereocenters. The second-order valence-electron chi connectivity index (χ2n) is 6.30. The van der Waals surface area contributed by atoms with Crippen LogP contribution in [0.3, 0.4) is 0 Å². The number of aryl methyl sites for hydroxylation is 1. The molecule has 1 N–H and O–H groups in total. The van der Waals surface area contributed by atoms with Crippen molar-refractivity contribution < 1.29 is 9.26 Å². The van der Waals surface area contributed by atoms with Crippen molar-refractivity contribution >= 4 is 16.9 Å². The molecule has 1 saturated heterocycles. The van der Waals surface area contributed by atoms with E-state index in [1.54, 1.807) is 0 Å². The van der Waals surface area contributed by atoms with E-state index in [9.17, 15) is 0 Å². The van der Waals surface area contributed by atoms with Crippen molar-refractivity contribution in [3.8, 4) is 0 Å². The van der Waals surface area contributed by atoms with E-state index in [1.165, 1.54) is 6.33 Å². The molecular formula is C16H20N6O2. The standard InChI is InChI=1S/C16H20N6O2/c1-9(2)22-12(4-6-19-22)14-11(5-7-23-14)20-15-13-10(3)21-24-16(13)18-8-17-15/h4,6,8-9,11,14H,5,7H2,1-3H3,(H,17,18,20)/t11-,14-/m0/s1. The summed E-state index contributed by atoms with van der Waals surface area (Å²) in [6, 6.07) is 2.41. The summed E-state index contributed by atoms with van der Waals surface area (Å²) < 4.78 is 13.2. The molecule has 4 heterocycles. The number of aromatic nitrogens is 5. The van der Waals surface area contributed by atoms with Crippen LogP contribution in [0.4, 0.5) is 5.82 Å². The monoisotopic (exact) mass is 328 g/mol. The third-order valence-electron chi connectivity index (χ3n) is 4.34. The van der Waals surface area contributed by atoms with Gasteiger partial charge in [0.05, 0.1) is 17.4 Å². The number of nitrogens with one attached hydrogen (secondary N) is 1. The van der Waals surface area contributed by atoms with Crippen molar-refractivity contribution in [2.24, 2.45) is 0 Å². The first kappa shape index (κ1) is 15.1. The Labute approximate surface area is 139 Å². The van der Waals surface area contributed by atoms with Gasteiger partial charge in [-0.1, -0.05) is 5.16 Å². The van der Waals surface area contributed by atoms with Crippen molar-refractivity contribution in [3.05, 3.63) is 30.0 Å². The van der Waals surface area contributed by atoms with Gasteiger partial charge in [0, 0.05) is 18.8 Å². The highest BCUT2D eigenvalue weighted by molar-refractivity contribution is 5.87. The minimum atomic E-state index is -0.0694. The van der Waals surface area contributed by atoms with Crippen LogP contribution < -0.4 is 5.32 Å². The molecule has 0 spiro atoms. The average Bonchev–Trinajstić information content (AvgIpc) is 3.27. The van der Waals surface area contributed by atoms with Crippen LogP contribution in [0, 0.1) is 6.92 Å². The lowest BCUT2D eigenvalue weighted by Gasteiger charge is -2.22. The van der Waals surface area contributed by atoms with Crippen molar-refractivity contribution in [1.29, 1.82) is 0 Å². The summed E-state index contributed by atoms with van der Waals surface area (Å²) in [6.45, 7) is 6.81. The molecule has 3 aromatic heterocycles. The summed E-state index contributed by atoms with van der Waals surface area (Å²) in [5, 5.41) is 12.7. The van der Waals surface area contributed by atoms with Gasteiger partial charge in [-0.25, -0.2) is 4.98 Å². The smallest absolute Gasteiger partial charge is 0.263 e. The number of rotatable bonds is 4. The Kier molecular flexibility index (Phi) is 3.68. The molecule has 126 valence electrons. The van der Waals surface area contributed by atoms with Crippen LogP contribution >= 0.6 is 0 Å². The average molecular weight is 328 g/mol. The van der Waals surface area contributed by atoms with E-state index in [4.69, 9.17) is 9.26 Å². The fourth-order valence-electron chi connectivity index (χ4n) is 3.22. The van der Waals surface area contributed by atoms with Gasteiger partial charge in [-0.15, -0.1) is 0 Å². The summed E-state index contributed by atoms with van der Waals surface area (Å²) in [6.07, 6.45) is 4.13. The van der Waals surface area contributed by atoms with Crippen molar-refractivity contribution in [2.75, 3.05) is 11.9 Å². The van der Waals surface area contributed by atoms with Gasteiger partial charge in [0.2, 0.25) is 0 Å². The van der Waals surface area contributed by atoms with Gasteiger partial charge in [0.15, 0.2) is 0 Å². The third-order valence-corrected chi connectivity index (χ3v) is 4.34. The number of fused-ring (bicyclic) bond motifs is 1. The predicted molar refractivity (Wildman–Crippen MR) is 87.7 cm³/mol. The van der Waals surface area contributed by atoms with E-state index in [2.05, 4.69) is 39.4 Å². The van der Waals surface area contributed by atoms with Gasteiger partial charge in [-0.2, -0.15) is 10.1 Å². The van der Waals surface area contributed by atoms with Gasteiger partial charge in [-0.3, -0.25) is 4.68 Å². The molecule has 1 fully saturated rings. The molecule has 0 unspecified atom stereocenters. The molecule has 1 aliphatic rings. The number of nitrogens with zero attached hydrogens (tertiary/aromatic N) is 5. The summed E-state index contributed by atoms with van der Waals surface area (Å²) in [7, 11) is 0. The van der Waals surface area contributed by atoms with Gasteiger partial charge >= 0.3 is 0 Å². The van der Waals surface area contributed by atoms with Crippen molar-refractivity contribution in [1.82, 2.24) is 24.9 Å². The molecule has 0 saturated carbocycles. The first-order valence-corrected chi connectivity index (χ1v) is 8.13. The zero-order valence-electron chi connectivity index (χ0n) is 13.9. The van der Waals surface area contributed by atoms with Gasteiger partial charge in [0.25, 0.3) is 5.71 Å². The normalized spacial score (nSPS) is 21.0. The number of hydrogen-bond donors (Lipinski definition) is 1. The highest BCUT2D eigenvalue weighted by Crippen LogP contribution is 2.33. The highest BCUT2D eigenvalue weighted by Gasteiger charge is 2.33. The van der Waals surface area contributed by atoms with Crippen LogP contribution in [-0.4, -0.2) is 37.6 Å². The lowest BCUT2D eigenvalue weighted by molar-refractivity contribution is 0.0988. The first-order chi connectivity index (χ1) is 11.6. The maximum absolute atomic E-state index is 5.99. The zero-order chi connectivity index (χ0) is 16.7. The largest absolute Gasteiger partial charge is 0.370 e. The van der Waals surface area contributed by atoms with E-state index in [1.807, 2.05) is 23.9 Å². The minimum absolute atomic E-state index is 0.0694. The highest BCUT2D eigenvalue weighted by atomic mass is 16.5. The number of anilines is 1. The lowest BCUT2D eigenvalue weighted by Crippen LogP contribution is -2.26. The Hall–Kier alpha value is -2.48. The molecule has 0 bridgehead atoms. The van der Waals surface area contributed by atoms with Crippen LogP contribution in [0.5, 0.6) is 0 Å². The van der Waals surface area contributed by atoms with Gasteiger partial charge in [-0.05, 0) is 33.3 Å². The molecule has 0 radical (unpaired) electrons. The Bertz CT molecular complexity index is 855. The topological polar surface area (TPSA) is 90.9 Å². The fraction of sp³-hybridized carbons (Fsp3) is 0.500. The maximum Gasteiger partial charge on any atom is 0.263 e. The molecule has 0 aliphatic carbocycles. The Morgan fingerprint density at radius 2 is 2.21 bits per heavy atom. The Morgan fingerprint density at radius 1 is 1.33 bits per heavy atom. The molecule has 4 rings (SSSR count). The minimum Gasteiger partial charge on any atom is -0.370 e. The summed E-state index contributed by atoms with van der Waals surface area (Å²) in [4.78, 5) is 8.49. The van der Waals surface area contributed by atoms with Crippen LogP contribution in [-0.2, 0) is 4.74 Å². The third kappa shape index (κ3) is 2.43. The predicted octanol–water partition coefficient (Wildman–Crippen LogP) is 2.65. The Morgan fingerprint density at radius 3 is 3.04 bits per heavy atom.